The molecule has 0 bridgehead atoms. The number of rotatable bonds is 8. The fourth-order valence-corrected chi connectivity index (χ4v) is 3.90. The lowest BCUT2D eigenvalue weighted by Crippen LogP contribution is -2.35. The summed E-state index contributed by atoms with van der Waals surface area (Å²) in [5, 5.41) is 2.30. The summed E-state index contributed by atoms with van der Waals surface area (Å²) in [5.41, 5.74) is 0.678. The number of carbonyl (C=O) groups excluding carboxylic acids is 1. The topological polar surface area (TPSA) is 123 Å². The molecule has 11 heteroatoms. The SMILES string of the molecule is CCCCOc1nc(NC(=O)NS(=O)(=O)c2ccccc2Cl)nc(-c2ccccc2)n1. The molecule has 0 saturated carbocycles. The Morgan fingerprint density at radius 2 is 1.74 bits per heavy atom. The number of unbranched alkanes of at least 4 members (excludes halogenated alkanes) is 1. The van der Waals surface area contributed by atoms with Crippen molar-refractivity contribution in [1.29, 1.82) is 0 Å². The van der Waals surface area contributed by atoms with Gasteiger partial charge in [0.05, 0.1) is 11.6 Å². The fourth-order valence-electron chi connectivity index (χ4n) is 2.47. The van der Waals surface area contributed by atoms with Crippen molar-refractivity contribution in [3.63, 3.8) is 0 Å². The lowest BCUT2D eigenvalue weighted by atomic mass is 10.2. The number of urea groups is 1. The number of benzene rings is 2. The third-order valence-electron chi connectivity index (χ3n) is 3.95. The van der Waals surface area contributed by atoms with Crippen LogP contribution in [0.2, 0.25) is 5.02 Å². The number of hydrogen-bond acceptors (Lipinski definition) is 7. The van der Waals surface area contributed by atoms with E-state index in [1.54, 1.807) is 18.2 Å². The molecule has 0 fully saturated rings. The summed E-state index contributed by atoms with van der Waals surface area (Å²) in [7, 11) is -4.20. The second-order valence-electron chi connectivity index (χ2n) is 6.32. The zero-order chi connectivity index (χ0) is 22.3. The summed E-state index contributed by atoms with van der Waals surface area (Å²) in [6.07, 6.45) is 1.72. The molecule has 1 heterocycles. The number of nitrogens with one attached hydrogen (secondary N) is 2. The summed E-state index contributed by atoms with van der Waals surface area (Å²) < 4.78 is 32.3. The van der Waals surface area contributed by atoms with Gasteiger partial charge in [-0.05, 0) is 18.6 Å². The van der Waals surface area contributed by atoms with Gasteiger partial charge in [-0.2, -0.15) is 15.0 Å². The zero-order valence-corrected chi connectivity index (χ0v) is 18.2. The number of amides is 2. The third kappa shape index (κ3) is 6.12. The van der Waals surface area contributed by atoms with Crippen LogP contribution in [0, 0.1) is 0 Å². The molecule has 3 aromatic rings. The van der Waals surface area contributed by atoms with Gasteiger partial charge in [-0.15, -0.1) is 0 Å². The van der Waals surface area contributed by atoms with Gasteiger partial charge in [0.1, 0.15) is 4.90 Å². The minimum absolute atomic E-state index is 0.0130. The van der Waals surface area contributed by atoms with E-state index >= 15 is 0 Å². The van der Waals surface area contributed by atoms with Crippen molar-refractivity contribution in [2.24, 2.45) is 0 Å². The van der Waals surface area contributed by atoms with Crippen molar-refractivity contribution in [1.82, 2.24) is 19.7 Å². The molecule has 3 rings (SSSR count). The highest BCUT2D eigenvalue weighted by atomic mass is 35.5. The van der Waals surface area contributed by atoms with Crippen molar-refractivity contribution in [2.75, 3.05) is 11.9 Å². The molecule has 0 aliphatic heterocycles. The minimum Gasteiger partial charge on any atom is -0.463 e. The quantitative estimate of drug-likeness (QED) is 0.488. The van der Waals surface area contributed by atoms with Gasteiger partial charge in [-0.1, -0.05) is 67.4 Å². The van der Waals surface area contributed by atoms with Crippen LogP contribution in [-0.2, 0) is 10.0 Å². The number of aromatic nitrogens is 3. The average molecular weight is 462 g/mol. The first-order chi connectivity index (χ1) is 14.9. The summed E-state index contributed by atoms with van der Waals surface area (Å²) in [5.74, 6) is 0.110. The number of hydrogen-bond donors (Lipinski definition) is 2. The molecule has 0 atom stereocenters. The van der Waals surface area contributed by atoms with E-state index in [1.165, 1.54) is 18.2 Å². The van der Waals surface area contributed by atoms with Crippen LogP contribution >= 0.6 is 11.6 Å². The smallest absolute Gasteiger partial charge is 0.335 e. The van der Waals surface area contributed by atoms with Crippen LogP contribution in [0.4, 0.5) is 10.7 Å². The maximum absolute atomic E-state index is 12.4. The Kier molecular flexibility index (Phi) is 7.37. The van der Waals surface area contributed by atoms with Crippen LogP contribution in [0.15, 0.2) is 59.5 Å². The largest absolute Gasteiger partial charge is 0.463 e. The Hall–Kier alpha value is -3.24. The molecule has 0 unspecified atom stereocenters. The van der Waals surface area contributed by atoms with Crippen LogP contribution in [0.25, 0.3) is 11.4 Å². The molecule has 0 radical (unpaired) electrons. The molecule has 162 valence electrons. The van der Waals surface area contributed by atoms with Gasteiger partial charge < -0.3 is 4.74 Å². The van der Waals surface area contributed by atoms with Crippen molar-refractivity contribution < 1.29 is 17.9 Å². The van der Waals surface area contributed by atoms with Crippen LogP contribution in [0.5, 0.6) is 6.01 Å². The molecular weight excluding hydrogens is 442 g/mol. The van der Waals surface area contributed by atoms with Crippen molar-refractivity contribution >= 4 is 33.6 Å². The Morgan fingerprint density at radius 3 is 2.45 bits per heavy atom. The standard InChI is InChI=1S/C20H20ClN5O4S/c1-2-3-13-30-20-23-17(14-9-5-4-6-10-14)22-18(25-20)24-19(27)26-31(28,29)16-12-8-7-11-15(16)21/h4-12H,2-3,13H2,1H3,(H2,22,23,24,25,26,27). The highest BCUT2D eigenvalue weighted by Crippen LogP contribution is 2.21. The summed E-state index contributed by atoms with van der Waals surface area (Å²) in [4.78, 5) is 24.6. The number of halogens is 1. The van der Waals surface area contributed by atoms with Crippen LogP contribution in [-0.4, -0.2) is 36.0 Å². The second-order valence-corrected chi connectivity index (χ2v) is 8.38. The van der Waals surface area contributed by atoms with Crippen LogP contribution < -0.4 is 14.8 Å². The number of carbonyl (C=O) groups is 1. The number of nitrogens with zero attached hydrogens (tertiary/aromatic N) is 3. The number of ether oxygens (including phenoxy) is 1. The lowest BCUT2D eigenvalue weighted by Gasteiger charge is -2.11. The predicted octanol–water partition coefficient (Wildman–Crippen LogP) is 3.88. The normalized spacial score (nSPS) is 11.0. The molecule has 31 heavy (non-hydrogen) atoms. The van der Waals surface area contributed by atoms with Gasteiger partial charge in [0, 0.05) is 5.56 Å². The van der Waals surface area contributed by atoms with Crippen molar-refractivity contribution in [3.05, 3.63) is 59.6 Å². The van der Waals surface area contributed by atoms with Crippen molar-refractivity contribution in [2.45, 2.75) is 24.7 Å². The molecule has 2 aromatic carbocycles. The first kappa shape index (κ1) is 22.4. The van der Waals surface area contributed by atoms with E-state index in [0.717, 1.165) is 12.8 Å². The van der Waals surface area contributed by atoms with Gasteiger partial charge in [0.2, 0.25) is 5.95 Å². The molecular formula is C20H20ClN5O4S. The van der Waals surface area contributed by atoms with E-state index in [-0.39, 0.29) is 27.7 Å². The first-order valence-corrected chi connectivity index (χ1v) is 11.3. The maximum Gasteiger partial charge on any atom is 0.335 e. The Labute approximate surface area is 184 Å². The highest BCUT2D eigenvalue weighted by molar-refractivity contribution is 7.90. The summed E-state index contributed by atoms with van der Waals surface area (Å²) in [6, 6.07) is 13.8. The minimum atomic E-state index is -4.20. The summed E-state index contributed by atoms with van der Waals surface area (Å²) >= 11 is 5.92. The van der Waals surface area contributed by atoms with E-state index < -0.39 is 16.1 Å². The fraction of sp³-hybridized carbons (Fsp3) is 0.200. The average Bonchev–Trinajstić information content (AvgIpc) is 2.74. The van der Waals surface area contributed by atoms with Gasteiger partial charge in [-0.25, -0.2) is 17.9 Å². The van der Waals surface area contributed by atoms with E-state index in [4.69, 9.17) is 16.3 Å². The highest BCUT2D eigenvalue weighted by Gasteiger charge is 2.21. The maximum atomic E-state index is 12.4. The summed E-state index contributed by atoms with van der Waals surface area (Å²) in [6.45, 7) is 2.41. The van der Waals surface area contributed by atoms with Crippen LogP contribution in [0.1, 0.15) is 19.8 Å². The van der Waals surface area contributed by atoms with E-state index in [9.17, 15) is 13.2 Å². The van der Waals surface area contributed by atoms with E-state index in [0.29, 0.717) is 12.2 Å². The second kappa shape index (κ2) is 10.2. The van der Waals surface area contributed by atoms with Gasteiger partial charge in [0.15, 0.2) is 5.82 Å². The van der Waals surface area contributed by atoms with E-state index in [2.05, 4.69) is 20.3 Å². The zero-order valence-electron chi connectivity index (χ0n) is 16.6. The Bertz CT molecular complexity index is 1160. The van der Waals surface area contributed by atoms with Crippen LogP contribution in [0.3, 0.4) is 0 Å². The van der Waals surface area contributed by atoms with Gasteiger partial charge in [0.25, 0.3) is 10.0 Å². The van der Waals surface area contributed by atoms with Crippen molar-refractivity contribution in [3.8, 4) is 17.4 Å². The molecule has 1 aromatic heterocycles. The molecule has 0 aliphatic carbocycles. The molecule has 2 amide bonds. The molecule has 9 nitrogen and oxygen atoms in total. The lowest BCUT2D eigenvalue weighted by molar-refractivity contribution is 0.256. The van der Waals surface area contributed by atoms with Gasteiger partial charge >= 0.3 is 12.0 Å². The molecule has 2 N–H and O–H groups in total. The Balaban J connectivity index is 1.83. The molecule has 0 saturated heterocycles. The Morgan fingerprint density at radius 1 is 1.03 bits per heavy atom. The number of anilines is 1. The number of sulfonamides is 1. The van der Waals surface area contributed by atoms with E-state index in [1.807, 2.05) is 29.8 Å². The van der Waals surface area contributed by atoms with Gasteiger partial charge in [-0.3, -0.25) is 5.32 Å². The monoisotopic (exact) mass is 461 g/mol. The third-order valence-corrected chi connectivity index (χ3v) is 5.79. The molecule has 0 aliphatic rings. The first-order valence-electron chi connectivity index (χ1n) is 9.41. The molecule has 0 spiro atoms. The predicted molar refractivity (Wildman–Crippen MR) is 116 cm³/mol.